The quantitative estimate of drug-likeness (QED) is 0.494. The third-order valence-electron chi connectivity index (χ3n) is 3.93. The van der Waals surface area contributed by atoms with Gasteiger partial charge in [-0.25, -0.2) is 9.78 Å². The first-order valence-electron chi connectivity index (χ1n) is 8.83. The molecule has 0 amide bonds. The lowest BCUT2D eigenvalue weighted by molar-refractivity contribution is 0.0597. The molecule has 0 aliphatic heterocycles. The number of hydrogen-bond acceptors (Lipinski definition) is 9. The summed E-state index contributed by atoms with van der Waals surface area (Å²) in [5, 5.41) is 15.2. The molecule has 2 aromatic heterocycles. The van der Waals surface area contributed by atoms with Crippen LogP contribution < -0.4 is 15.4 Å². The summed E-state index contributed by atoms with van der Waals surface area (Å²) in [5.41, 5.74) is 2.28. The van der Waals surface area contributed by atoms with Gasteiger partial charge in [0.1, 0.15) is 17.1 Å². The lowest BCUT2D eigenvalue weighted by Crippen LogP contribution is -2.10. The van der Waals surface area contributed by atoms with Gasteiger partial charge in [-0.2, -0.15) is 4.98 Å². The molecule has 1 aromatic carbocycles. The second-order valence-electron chi connectivity index (χ2n) is 5.86. The highest BCUT2D eigenvalue weighted by Crippen LogP contribution is 2.27. The lowest BCUT2D eigenvalue weighted by atomic mass is 10.1. The number of aliphatic hydroxyl groups excluding tert-OH is 1. The van der Waals surface area contributed by atoms with Gasteiger partial charge in [0.25, 0.3) is 0 Å². The molecule has 0 spiro atoms. The van der Waals surface area contributed by atoms with E-state index in [1.807, 2.05) is 18.2 Å². The maximum absolute atomic E-state index is 11.8. The van der Waals surface area contributed by atoms with E-state index < -0.39 is 5.97 Å². The average Bonchev–Trinajstić information content (AvgIpc) is 2.77. The standard InChI is InChI=1S/C20H21N5O4/c1-28-17-11-13(6-7-14(17)19(27)29-2)23-18-12-16(15-5-3-4-8-21-15)24-20(25-18)22-9-10-26/h3-8,11-12,26H,9-10H2,1-2H3,(H2,22,23,24,25). The van der Waals surface area contributed by atoms with Crippen LogP contribution in [0.5, 0.6) is 5.75 Å². The molecule has 0 fully saturated rings. The van der Waals surface area contributed by atoms with Crippen molar-refractivity contribution in [3.8, 4) is 17.1 Å². The van der Waals surface area contributed by atoms with Gasteiger partial charge in [0.15, 0.2) is 0 Å². The van der Waals surface area contributed by atoms with Crippen LogP contribution in [0.4, 0.5) is 17.5 Å². The zero-order valence-electron chi connectivity index (χ0n) is 16.0. The summed E-state index contributed by atoms with van der Waals surface area (Å²) in [7, 11) is 2.79. The maximum Gasteiger partial charge on any atom is 0.341 e. The van der Waals surface area contributed by atoms with Crippen LogP contribution in [-0.2, 0) is 4.74 Å². The van der Waals surface area contributed by atoms with Crippen molar-refractivity contribution in [3.63, 3.8) is 0 Å². The fraction of sp³-hybridized carbons (Fsp3) is 0.200. The average molecular weight is 395 g/mol. The highest BCUT2D eigenvalue weighted by Gasteiger charge is 2.14. The molecular weight excluding hydrogens is 374 g/mol. The minimum atomic E-state index is -0.483. The number of rotatable bonds is 8. The van der Waals surface area contributed by atoms with Crippen LogP contribution in [0, 0.1) is 0 Å². The van der Waals surface area contributed by atoms with Gasteiger partial charge in [-0.3, -0.25) is 4.98 Å². The Kier molecular flexibility index (Phi) is 6.54. The second kappa shape index (κ2) is 9.47. The topological polar surface area (TPSA) is 118 Å². The molecule has 150 valence electrons. The number of nitrogens with zero attached hydrogens (tertiary/aromatic N) is 3. The lowest BCUT2D eigenvalue weighted by Gasteiger charge is -2.13. The number of carbonyl (C=O) groups excluding carboxylic acids is 1. The summed E-state index contributed by atoms with van der Waals surface area (Å²) in [6.45, 7) is 0.263. The smallest absolute Gasteiger partial charge is 0.341 e. The zero-order valence-corrected chi connectivity index (χ0v) is 16.0. The molecule has 0 bridgehead atoms. The SMILES string of the molecule is COC(=O)c1ccc(Nc2cc(-c3ccccn3)nc(NCCO)n2)cc1OC. The number of benzene rings is 1. The van der Waals surface area contributed by atoms with Crippen molar-refractivity contribution in [2.45, 2.75) is 0 Å². The van der Waals surface area contributed by atoms with Crippen molar-refractivity contribution in [2.24, 2.45) is 0 Å². The Hall–Kier alpha value is -3.72. The molecule has 0 saturated carbocycles. The molecule has 9 heteroatoms. The predicted octanol–water partition coefficient (Wildman–Crippen LogP) is 2.48. The summed E-state index contributed by atoms with van der Waals surface area (Å²) in [5.74, 6) is 0.750. The first-order valence-corrected chi connectivity index (χ1v) is 8.83. The number of pyridine rings is 1. The molecule has 0 unspecified atom stereocenters. The molecular formula is C20H21N5O4. The Morgan fingerprint density at radius 2 is 1.97 bits per heavy atom. The van der Waals surface area contributed by atoms with Crippen molar-refractivity contribution in [1.29, 1.82) is 0 Å². The largest absolute Gasteiger partial charge is 0.496 e. The van der Waals surface area contributed by atoms with Crippen LogP contribution in [0.15, 0.2) is 48.7 Å². The van der Waals surface area contributed by atoms with Gasteiger partial charge < -0.3 is 25.2 Å². The van der Waals surface area contributed by atoms with Crippen LogP contribution >= 0.6 is 0 Å². The van der Waals surface area contributed by atoms with E-state index in [0.717, 1.165) is 0 Å². The van der Waals surface area contributed by atoms with Crippen molar-refractivity contribution < 1.29 is 19.4 Å². The Balaban J connectivity index is 1.94. The highest BCUT2D eigenvalue weighted by atomic mass is 16.5. The summed E-state index contributed by atoms with van der Waals surface area (Å²) in [4.78, 5) is 25.0. The Bertz CT molecular complexity index is 982. The van der Waals surface area contributed by atoms with E-state index in [4.69, 9.17) is 14.6 Å². The number of nitrogens with one attached hydrogen (secondary N) is 2. The van der Waals surface area contributed by atoms with E-state index in [9.17, 15) is 4.79 Å². The first-order chi connectivity index (χ1) is 14.1. The second-order valence-corrected chi connectivity index (χ2v) is 5.86. The van der Waals surface area contributed by atoms with E-state index in [1.165, 1.54) is 14.2 Å². The van der Waals surface area contributed by atoms with Crippen molar-refractivity contribution >= 4 is 23.4 Å². The Labute approximate surface area is 167 Å². The Morgan fingerprint density at radius 1 is 1.10 bits per heavy atom. The predicted molar refractivity (Wildman–Crippen MR) is 108 cm³/mol. The number of carbonyl (C=O) groups is 1. The highest BCUT2D eigenvalue weighted by molar-refractivity contribution is 5.93. The molecule has 0 radical (unpaired) electrons. The van der Waals surface area contributed by atoms with Gasteiger partial charge in [0, 0.05) is 30.6 Å². The van der Waals surface area contributed by atoms with E-state index in [0.29, 0.717) is 46.7 Å². The third kappa shape index (κ3) is 4.96. The van der Waals surface area contributed by atoms with E-state index in [1.54, 1.807) is 30.5 Å². The summed E-state index contributed by atoms with van der Waals surface area (Å²) in [6, 6.07) is 12.3. The minimum Gasteiger partial charge on any atom is -0.496 e. The molecule has 2 heterocycles. The first kappa shape index (κ1) is 20.0. The summed E-state index contributed by atoms with van der Waals surface area (Å²) < 4.78 is 10.1. The van der Waals surface area contributed by atoms with Crippen LogP contribution in [0.3, 0.4) is 0 Å². The van der Waals surface area contributed by atoms with E-state index in [2.05, 4.69) is 25.6 Å². The van der Waals surface area contributed by atoms with Crippen LogP contribution in [-0.4, -0.2) is 53.4 Å². The van der Waals surface area contributed by atoms with Crippen molar-refractivity contribution in [1.82, 2.24) is 15.0 Å². The molecule has 29 heavy (non-hydrogen) atoms. The molecule has 9 nitrogen and oxygen atoms in total. The van der Waals surface area contributed by atoms with Crippen LogP contribution in [0.25, 0.3) is 11.4 Å². The number of ether oxygens (including phenoxy) is 2. The number of hydrogen-bond donors (Lipinski definition) is 3. The summed E-state index contributed by atoms with van der Waals surface area (Å²) >= 11 is 0. The molecule has 3 rings (SSSR count). The van der Waals surface area contributed by atoms with Crippen LogP contribution in [0.1, 0.15) is 10.4 Å². The molecule has 3 N–H and O–H groups in total. The molecule has 0 atom stereocenters. The fourth-order valence-corrected chi connectivity index (χ4v) is 2.60. The van der Waals surface area contributed by atoms with Gasteiger partial charge in [-0.1, -0.05) is 6.07 Å². The molecule has 3 aromatic rings. The normalized spacial score (nSPS) is 10.3. The van der Waals surface area contributed by atoms with Gasteiger partial charge in [0.05, 0.1) is 32.2 Å². The van der Waals surface area contributed by atoms with Gasteiger partial charge >= 0.3 is 5.97 Å². The number of aliphatic hydroxyl groups is 1. The maximum atomic E-state index is 11.8. The monoisotopic (exact) mass is 395 g/mol. The fourth-order valence-electron chi connectivity index (χ4n) is 2.60. The Morgan fingerprint density at radius 3 is 2.66 bits per heavy atom. The van der Waals surface area contributed by atoms with E-state index in [-0.39, 0.29) is 6.61 Å². The number of aromatic nitrogens is 3. The van der Waals surface area contributed by atoms with Crippen molar-refractivity contribution in [3.05, 3.63) is 54.2 Å². The van der Waals surface area contributed by atoms with Gasteiger partial charge in [-0.05, 0) is 24.3 Å². The molecule has 0 saturated heterocycles. The van der Waals surface area contributed by atoms with E-state index >= 15 is 0 Å². The van der Waals surface area contributed by atoms with Gasteiger partial charge in [0.2, 0.25) is 5.95 Å². The van der Waals surface area contributed by atoms with Crippen LogP contribution in [0.2, 0.25) is 0 Å². The molecule has 0 aliphatic rings. The van der Waals surface area contributed by atoms with Crippen molar-refractivity contribution in [2.75, 3.05) is 38.0 Å². The minimum absolute atomic E-state index is 0.0495. The zero-order chi connectivity index (χ0) is 20.6. The van der Waals surface area contributed by atoms with Gasteiger partial charge in [-0.15, -0.1) is 0 Å². The number of esters is 1. The summed E-state index contributed by atoms with van der Waals surface area (Å²) in [6.07, 6.45) is 1.68. The number of methoxy groups -OCH3 is 2. The number of anilines is 3. The molecule has 0 aliphatic carbocycles. The third-order valence-corrected chi connectivity index (χ3v) is 3.93.